The number of hydrogen-bond donors (Lipinski definition) is 3. The fourth-order valence-electron chi connectivity index (χ4n) is 1.86. The summed E-state index contributed by atoms with van der Waals surface area (Å²) in [5.41, 5.74) is 8.30. The van der Waals surface area contributed by atoms with Gasteiger partial charge in [0, 0.05) is 6.54 Å². The van der Waals surface area contributed by atoms with Crippen LogP contribution in [0.2, 0.25) is 0 Å². The van der Waals surface area contributed by atoms with Crippen LogP contribution in [0.15, 0.2) is 36.5 Å². The maximum absolute atomic E-state index is 12.0. The van der Waals surface area contributed by atoms with Gasteiger partial charge in [0.15, 0.2) is 0 Å². The van der Waals surface area contributed by atoms with Crippen LogP contribution in [0.1, 0.15) is 21.6 Å². The number of phenolic OH excluding ortho intramolecular Hbond substituents is 1. The van der Waals surface area contributed by atoms with Crippen molar-refractivity contribution in [2.75, 3.05) is 12.3 Å². The van der Waals surface area contributed by atoms with E-state index in [-0.39, 0.29) is 11.7 Å². The third-order valence-electron chi connectivity index (χ3n) is 2.99. The van der Waals surface area contributed by atoms with E-state index in [1.165, 1.54) is 6.20 Å². The zero-order valence-electron chi connectivity index (χ0n) is 11.3. The molecule has 1 aromatic carbocycles. The van der Waals surface area contributed by atoms with Gasteiger partial charge in [0.1, 0.15) is 5.75 Å². The number of anilines is 1. The van der Waals surface area contributed by atoms with Crippen LogP contribution in [0.4, 0.5) is 5.69 Å². The van der Waals surface area contributed by atoms with Crippen LogP contribution in [0, 0.1) is 6.92 Å². The van der Waals surface area contributed by atoms with Crippen molar-refractivity contribution in [3.8, 4) is 5.75 Å². The number of benzene rings is 1. The number of hydrogen-bond acceptors (Lipinski definition) is 4. The van der Waals surface area contributed by atoms with Crippen molar-refractivity contribution in [3.05, 3.63) is 53.3 Å². The molecule has 2 aromatic rings. The number of amides is 1. The lowest BCUT2D eigenvalue weighted by Gasteiger charge is -2.08. The predicted molar refractivity (Wildman–Crippen MR) is 77.5 cm³/mol. The summed E-state index contributed by atoms with van der Waals surface area (Å²) in [6.07, 6.45) is 2.23. The van der Waals surface area contributed by atoms with Gasteiger partial charge in [0.25, 0.3) is 5.91 Å². The number of aryl methyl sites for hydroxylation is 1. The molecule has 5 nitrogen and oxygen atoms in total. The number of nitrogen functional groups attached to an aromatic ring is 1. The Balaban J connectivity index is 1.92. The average Bonchev–Trinajstić information content (AvgIpc) is 2.43. The molecule has 0 atom stereocenters. The largest absolute Gasteiger partial charge is 0.508 e. The molecule has 5 heteroatoms. The van der Waals surface area contributed by atoms with Gasteiger partial charge >= 0.3 is 0 Å². The summed E-state index contributed by atoms with van der Waals surface area (Å²) in [5.74, 6) is 0.0559. The van der Waals surface area contributed by atoms with Crippen LogP contribution in [0.3, 0.4) is 0 Å². The van der Waals surface area contributed by atoms with Crippen molar-refractivity contribution in [2.45, 2.75) is 13.3 Å². The van der Waals surface area contributed by atoms with E-state index in [2.05, 4.69) is 10.3 Å². The quantitative estimate of drug-likeness (QED) is 0.789. The zero-order chi connectivity index (χ0) is 14.5. The SMILES string of the molecule is Cc1ncc(N)cc1C(=O)NCCc1ccc(O)cc1. The summed E-state index contributed by atoms with van der Waals surface area (Å²) in [6, 6.07) is 8.54. The molecule has 0 radical (unpaired) electrons. The summed E-state index contributed by atoms with van der Waals surface area (Å²) in [4.78, 5) is 16.1. The fourth-order valence-corrected chi connectivity index (χ4v) is 1.86. The Labute approximate surface area is 117 Å². The number of nitrogens with zero attached hydrogens (tertiary/aromatic N) is 1. The molecule has 1 amide bonds. The predicted octanol–water partition coefficient (Wildman–Crippen LogP) is 1.65. The molecule has 0 fully saturated rings. The number of nitrogens with two attached hydrogens (primary N) is 1. The van der Waals surface area contributed by atoms with Crippen molar-refractivity contribution >= 4 is 11.6 Å². The van der Waals surface area contributed by atoms with Gasteiger partial charge < -0.3 is 16.2 Å². The second-order valence-electron chi connectivity index (χ2n) is 4.57. The summed E-state index contributed by atoms with van der Waals surface area (Å²) >= 11 is 0. The molecule has 1 heterocycles. The molecule has 0 aliphatic carbocycles. The monoisotopic (exact) mass is 271 g/mol. The van der Waals surface area contributed by atoms with E-state index < -0.39 is 0 Å². The van der Waals surface area contributed by atoms with Crippen molar-refractivity contribution in [3.63, 3.8) is 0 Å². The highest BCUT2D eigenvalue weighted by atomic mass is 16.3. The molecule has 104 valence electrons. The second kappa shape index (κ2) is 6.06. The van der Waals surface area contributed by atoms with E-state index >= 15 is 0 Å². The number of phenols is 1. The smallest absolute Gasteiger partial charge is 0.253 e. The van der Waals surface area contributed by atoms with Gasteiger partial charge in [-0.25, -0.2) is 0 Å². The van der Waals surface area contributed by atoms with Gasteiger partial charge in [0.2, 0.25) is 0 Å². The van der Waals surface area contributed by atoms with Crippen molar-refractivity contribution in [1.82, 2.24) is 10.3 Å². The van der Waals surface area contributed by atoms with Crippen molar-refractivity contribution in [2.24, 2.45) is 0 Å². The van der Waals surface area contributed by atoms with E-state index in [9.17, 15) is 9.90 Å². The van der Waals surface area contributed by atoms with E-state index in [1.54, 1.807) is 25.1 Å². The molecule has 0 aliphatic rings. The summed E-state index contributed by atoms with van der Waals surface area (Å²) in [6.45, 7) is 2.28. The van der Waals surface area contributed by atoms with Crippen LogP contribution < -0.4 is 11.1 Å². The molecule has 0 bridgehead atoms. The first-order chi connectivity index (χ1) is 9.56. The van der Waals surface area contributed by atoms with Gasteiger partial charge in [-0.15, -0.1) is 0 Å². The Hall–Kier alpha value is -2.56. The van der Waals surface area contributed by atoms with E-state index in [4.69, 9.17) is 5.73 Å². The summed E-state index contributed by atoms with van der Waals surface area (Å²) < 4.78 is 0. The highest BCUT2D eigenvalue weighted by molar-refractivity contribution is 5.95. The third kappa shape index (κ3) is 3.47. The number of carbonyl (C=O) groups is 1. The van der Waals surface area contributed by atoms with Crippen LogP contribution in [-0.2, 0) is 6.42 Å². The lowest BCUT2D eigenvalue weighted by molar-refractivity contribution is 0.0953. The minimum Gasteiger partial charge on any atom is -0.508 e. The molecule has 0 saturated heterocycles. The maximum atomic E-state index is 12.0. The zero-order valence-corrected chi connectivity index (χ0v) is 11.3. The maximum Gasteiger partial charge on any atom is 0.253 e. The van der Waals surface area contributed by atoms with Gasteiger partial charge in [-0.05, 0) is 37.1 Å². The Morgan fingerprint density at radius 3 is 2.75 bits per heavy atom. The summed E-state index contributed by atoms with van der Waals surface area (Å²) in [5, 5.41) is 12.0. The van der Waals surface area contributed by atoms with E-state index in [0.29, 0.717) is 29.9 Å². The molecule has 0 unspecified atom stereocenters. The average molecular weight is 271 g/mol. The minimum atomic E-state index is -0.180. The standard InChI is InChI=1S/C15H17N3O2/c1-10-14(8-12(16)9-18-10)15(20)17-7-6-11-2-4-13(19)5-3-11/h2-5,8-9,19H,6-7,16H2,1H3,(H,17,20). The second-order valence-corrected chi connectivity index (χ2v) is 4.57. The van der Waals surface area contributed by atoms with Crippen LogP contribution in [0.5, 0.6) is 5.75 Å². The van der Waals surface area contributed by atoms with Crippen molar-refractivity contribution < 1.29 is 9.90 Å². The molecule has 0 aliphatic heterocycles. The van der Waals surface area contributed by atoms with Crippen LogP contribution in [-0.4, -0.2) is 22.5 Å². The van der Waals surface area contributed by atoms with E-state index in [1.807, 2.05) is 12.1 Å². The Bertz CT molecular complexity index is 609. The number of aromatic hydroxyl groups is 1. The number of aromatic nitrogens is 1. The highest BCUT2D eigenvalue weighted by Crippen LogP contribution is 2.11. The third-order valence-corrected chi connectivity index (χ3v) is 2.99. The first-order valence-corrected chi connectivity index (χ1v) is 6.34. The Kier molecular flexibility index (Phi) is 4.20. The summed E-state index contributed by atoms with van der Waals surface area (Å²) in [7, 11) is 0. The topological polar surface area (TPSA) is 88.2 Å². The fraction of sp³-hybridized carbons (Fsp3) is 0.200. The molecule has 1 aromatic heterocycles. The molecule has 0 saturated carbocycles. The van der Waals surface area contributed by atoms with Gasteiger partial charge in [-0.2, -0.15) is 0 Å². The number of nitrogens with one attached hydrogen (secondary N) is 1. The molecule has 20 heavy (non-hydrogen) atoms. The van der Waals surface area contributed by atoms with Crippen molar-refractivity contribution in [1.29, 1.82) is 0 Å². The molecular formula is C15H17N3O2. The molecular weight excluding hydrogens is 254 g/mol. The highest BCUT2D eigenvalue weighted by Gasteiger charge is 2.09. The minimum absolute atomic E-state index is 0.180. The van der Waals surface area contributed by atoms with Gasteiger partial charge in [-0.1, -0.05) is 12.1 Å². The Morgan fingerprint density at radius 2 is 2.05 bits per heavy atom. The normalized spacial score (nSPS) is 10.2. The van der Waals surface area contributed by atoms with Gasteiger partial charge in [-0.3, -0.25) is 9.78 Å². The van der Waals surface area contributed by atoms with Gasteiger partial charge in [0.05, 0.1) is 23.1 Å². The number of rotatable bonds is 4. The number of pyridine rings is 1. The lowest BCUT2D eigenvalue weighted by atomic mass is 10.1. The molecule has 4 N–H and O–H groups in total. The number of carbonyl (C=O) groups excluding carboxylic acids is 1. The lowest BCUT2D eigenvalue weighted by Crippen LogP contribution is -2.26. The molecule has 0 spiro atoms. The van der Waals surface area contributed by atoms with Crippen LogP contribution >= 0.6 is 0 Å². The van der Waals surface area contributed by atoms with E-state index in [0.717, 1.165) is 5.56 Å². The Morgan fingerprint density at radius 1 is 1.35 bits per heavy atom. The first kappa shape index (κ1) is 13.9. The first-order valence-electron chi connectivity index (χ1n) is 6.34. The van der Waals surface area contributed by atoms with Crippen LogP contribution in [0.25, 0.3) is 0 Å². The molecule has 2 rings (SSSR count).